The van der Waals surface area contributed by atoms with Crippen molar-refractivity contribution in [3.63, 3.8) is 0 Å². The molecule has 0 radical (unpaired) electrons. The minimum absolute atomic E-state index is 0.0156. The van der Waals surface area contributed by atoms with E-state index in [0.717, 1.165) is 10.9 Å². The van der Waals surface area contributed by atoms with Gasteiger partial charge in [-0.15, -0.1) is 0 Å². The second-order valence-electron chi connectivity index (χ2n) is 16.0. The molecule has 2 aromatic carbocycles. The third-order valence-electron chi connectivity index (χ3n) is 11.0. The van der Waals surface area contributed by atoms with Crippen LogP contribution in [-0.4, -0.2) is 165 Å². The van der Waals surface area contributed by atoms with Gasteiger partial charge in [-0.05, 0) is 30.9 Å². The van der Waals surface area contributed by atoms with Crippen molar-refractivity contribution in [2.75, 3.05) is 65.4 Å². The second-order valence-corrected chi connectivity index (χ2v) is 16.0. The van der Waals surface area contributed by atoms with Crippen molar-refractivity contribution < 1.29 is 58.6 Å². The lowest BCUT2D eigenvalue weighted by atomic mass is 9.99. The Morgan fingerprint density at radius 3 is 1.89 bits per heavy atom. The van der Waals surface area contributed by atoms with E-state index in [1.165, 1.54) is 24.3 Å². The fourth-order valence-corrected chi connectivity index (χ4v) is 7.57. The predicted molar refractivity (Wildman–Crippen MR) is 237 cm³/mol. The zero-order valence-electron chi connectivity index (χ0n) is 36.4. The first-order valence-corrected chi connectivity index (χ1v) is 21.5. The summed E-state index contributed by atoms with van der Waals surface area (Å²) in [5.41, 5.74) is 6.23. The lowest BCUT2D eigenvalue weighted by molar-refractivity contribution is -0.385. The number of carboxylic acid groups (broad SMARTS) is 3. The maximum absolute atomic E-state index is 14.1. The summed E-state index contributed by atoms with van der Waals surface area (Å²) in [5.74, 6) is -6.65. The number of primary amides is 1. The molecule has 4 rings (SSSR count). The van der Waals surface area contributed by atoms with Crippen LogP contribution in [0.2, 0.25) is 0 Å². The molecule has 1 aliphatic rings. The van der Waals surface area contributed by atoms with Crippen LogP contribution in [0.1, 0.15) is 62.1 Å². The van der Waals surface area contributed by atoms with Crippen LogP contribution in [0, 0.1) is 10.1 Å². The van der Waals surface area contributed by atoms with E-state index in [1.807, 2.05) is 4.90 Å². The normalized spacial score (nSPS) is 15.2. The molecule has 23 heteroatoms. The van der Waals surface area contributed by atoms with Crippen LogP contribution in [-0.2, 0) is 44.8 Å². The van der Waals surface area contributed by atoms with E-state index in [1.54, 1.807) is 40.3 Å². The number of carbonyl (C=O) groups is 8. The van der Waals surface area contributed by atoms with Gasteiger partial charge in [0.05, 0.1) is 42.6 Å². The smallest absolute Gasteiger partial charge is 0.317 e. The van der Waals surface area contributed by atoms with Crippen molar-refractivity contribution in [2.45, 2.75) is 69.5 Å². The van der Waals surface area contributed by atoms with E-state index in [9.17, 15) is 63.8 Å². The number of nitro benzene ring substituents is 1. The molecule has 5 amide bonds. The van der Waals surface area contributed by atoms with Gasteiger partial charge in [-0.1, -0.05) is 42.8 Å². The molecule has 0 spiro atoms. The molecule has 3 atom stereocenters. The van der Waals surface area contributed by atoms with Crippen LogP contribution in [0.25, 0.3) is 10.9 Å². The number of para-hydroxylation sites is 2. The molecule has 1 unspecified atom stereocenters. The zero-order chi connectivity index (χ0) is 48.2. The molecule has 0 aliphatic carbocycles. The van der Waals surface area contributed by atoms with Gasteiger partial charge in [-0.3, -0.25) is 63.2 Å². The zero-order valence-corrected chi connectivity index (χ0v) is 36.4. The minimum Gasteiger partial charge on any atom is -0.481 e. The first-order chi connectivity index (χ1) is 31.5. The van der Waals surface area contributed by atoms with E-state index in [-0.39, 0.29) is 56.8 Å². The van der Waals surface area contributed by atoms with E-state index < -0.39 is 76.7 Å². The van der Waals surface area contributed by atoms with E-state index in [0.29, 0.717) is 70.6 Å². The van der Waals surface area contributed by atoms with Gasteiger partial charge in [0.2, 0.25) is 29.5 Å². The maximum Gasteiger partial charge on any atom is 0.317 e. The Hall–Kier alpha value is -6.98. The van der Waals surface area contributed by atoms with Crippen LogP contribution < -0.4 is 27.0 Å². The highest BCUT2D eigenvalue weighted by molar-refractivity contribution is 5.93. The summed E-state index contributed by atoms with van der Waals surface area (Å²) in [4.78, 5) is 120. The lowest BCUT2D eigenvalue weighted by Crippen LogP contribution is -2.55. The van der Waals surface area contributed by atoms with Gasteiger partial charge in [-0.25, -0.2) is 0 Å². The van der Waals surface area contributed by atoms with E-state index in [2.05, 4.69) is 26.3 Å². The maximum atomic E-state index is 14.1. The number of carbonyl (C=O) groups excluding carboxylic acids is 5. The number of carboxylic acids is 3. The van der Waals surface area contributed by atoms with Crippen molar-refractivity contribution in [1.29, 1.82) is 0 Å². The largest absolute Gasteiger partial charge is 0.481 e. The van der Waals surface area contributed by atoms with Crippen LogP contribution >= 0.6 is 0 Å². The molecule has 1 saturated heterocycles. The number of fused-ring (bicyclic) bond motifs is 1. The lowest BCUT2D eigenvalue weighted by Gasteiger charge is -2.25. The summed E-state index contributed by atoms with van der Waals surface area (Å²) in [5, 5.41) is 51.5. The Labute approximate surface area is 379 Å². The molecule has 3 aromatic rings. The summed E-state index contributed by atoms with van der Waals surface area (Å²) >= 11 is 0. The second kappa shape index (κ2) is 26.1. The van der Waals surface area contributed by atoms with Crippen LogP contribution in [0.4, 0.5) is 5.69 Å². The Morgan fingerprint density at radius 1 is 0.697 bits per heavy atom. The van der Waals surface area contributed by atoms with Gasteiger partial charge in [0.25, 0.3) is 5.69 Å². The number of benzene rings is 2. The number of unbranched alkanes of at least 4 members (excludes halogenated alkanes) is 2. The van der Waals surface area contributed by atoms with E-state index in [4.69, 9.17) is 5.73 Å². The average molecular weight is 923 g/mol. The Morgan fingerprint density at radius 2 is 1.29 bits per heavy atom. The number of amides is 5. The molecular weight excluding hydrogens is 865 g/mol. The highest BCUT2D eigenvalue weighted by Crippen LogP contribution is 2.28. The fourth-order valence-electron chi connectivity index (χ4n) is 7.57. The molecule has 0 saturated carbocycles. The molecule has 1 aliphatic heterocycles. The number of aliphatic carboxylic acids is 3. The molecule has 358 valence electrons. The standard InChI is InChI=1S/C43H58N10O13/c44-36(54)14-13-32(47-37(55)12-2-1-7-15-45-38(56)25-50-16-18-51(26-40(59)60)20-21-52(19-17-50)27-41(61)62)42(63)49-34(22-28-24-46-31-10-5-3-8-29(28)31)43(64)48-33(23-39(57)58)30-9-4-6-11-35(30)53(65)66/h3-6,8-11,24,32-34,46H,1-2,7,12-23,25-27H2,(H2,44,54)(H,45,56)(H,47,55)(H,48,64)(H,49,63)(H,57,58)(H,59,60)(H,61,62)/t32-,33?,34-/m0/s1. The fraction of sp³-hybridized carbons (Fsp3) is 0.488. The summed E-state index contributed by atoms with van der Waals surface area (Å²) in [6.07, 6.45) is 1.61. The van der Waals surface area contributed by atoms with Crippen molar-refractivity contribution >= 4 is 64.0 Å². The van der Waals surface area contributed by atoms with Gasteiger partial charge in [0.1, 0.15) is 12.1 Å². The average Bonchev–Trinajstić information content (AvgIpc) is 3.69. The summed E-state index contributed by atoms with van der Waals surface area (Å²) in [6.45, 7) is 2.20. The summed E-state index contributed by atoms with van der Waals surface area (Å²) < 4.78 is 0. The number of hydrogen-bond donors (Lipinski definition) is 9. The topological polar surface area (TPSA) is 340 Å². The Balaban J connectivity index is 1.35. The molecule has 66 heavy (non-hydrogen) atoms. The molecule has 23 nitrogen and oxygen atoms in total. The molecule has 0 bridgehead atoms. The number of nitrogens with one attached hydrogen (secondary N) is 5. The SMILES string of the molecule is NC(=O)CC[C@H](NC(=O)CCCCCNC(=O)CN1CCN(CC(=O)O)CCN(CC(=O)O)CC1)C(=O)N[C@@H](Cc1c[nH]c2ccccc12)C(=O)NC(CC(=O)O)c1ccccc1[N+](=O)[O-]. The van der Waals surface area contributed by atoms with Gasteiger partial charge in [0, 0.05) is 88.2 Å². The first-order valence-electron chi connectivity index (χ1n) is 21.5. The third kappa shape index (κ3) is 17.5. The minimum atomic E-state index is -1.40. The quantitative estimate of drug-likeness (QED) is 0.0290. The Kier molecular flexibility index (Phi) is 20.4. The van der Waals surface area contributed by atoms with Crippen LogP contribution in [0.15, 0.2) is 54.7 Å². The number of hydrogen-bond acceptors (Lipinski definition) is 13. The van der Waals surface area contributed by atoms with Gasteiger partial charge in [-0.2, -0.15) is 0 Å². The number of H-pyrrole nitrogens is 1. The van der Waals surface area contributed by atoms with Crippen LogP contribution in [0.5, 0.6) is 0 Å². The van der Waals surface area contributed by atoms with Crippen LogP contribution in [0.3, 0.4) is 0 Å². The molecule has 2 heterocycles. The number of aromatic amines is 1. The predicted octanol–water partition coefficient (Wildman–Crippen LogP) is -0.0487. The summed E-state index contributed by atoms with van der Waals surface area (Å²) in [6, 6.07) is 8.43. The van der Waals surface area contributed by atoms with Gasteiger partial charge in [0.15, 0.2) is 0 Å². The first kappa shape index (κ1) is 51.7. The number of nitrogens with two attached hydrogens (primary N) is 1. The molecular formula is C43H58N10O13. The van der Waals surface area contributed by atoms with Gasteiger partial charge < -0.3 is 47.3 Å². The highest BCUT2D eigenvalue weighted by Gasteiger charge is 2.32. The summed E-state index contributed by atoms with van der Waals surface area (Å²) in [7, 11) is 0. The highest BCUT2D eigenvalue weighted by atomic mass is 16.6. The number of nitro groups is 1. The monoisotopic (exact) mass is 922 g/mol. The van der Waals surface area contributed by atoms with Crippen molar-refractivity contribution in [3.05, 3.63) is 76.0 Å². The third-order valence-corrected chi connectivity index (χ3v) is 11.0. The van der Waals surface area contributed by atoms with E-state index >= 15 is 0 Å². The number of nitrogens with zero attached hydrogens (tertiary/aromatic N) is 4. The number of rotatable bonds is 26. The van der Waals surface area contributed by atoms with Crippen molar-refractivity contribution in [3.8, 4) is 0 Å². The molecule has 1 aromatic heterocycles. The molecule has 10 N–H and O–H groups in total. The van der Waals surface area contributed by atoms with Crippen molar-refractivity contribution in [1.82, 2.24) is 41.0 Å². The molecule has 1 fully saturated rings. The number of aromatic nitrogens is 1. The Bertz CT molecular complexity index is 2170. The van der Waals surface area contributed by atoms with Crippen molar-refractivity contribution in [2.24, 2.45) is 5.73 Å². The van der Waals surface area contributed by atoms with Gasteiger partial charge >= 0.3 is 17.9 Å².